The third kappa shape index (κ3) is 9.06. The van der Waals surface area contributed by atoms with E-state index < -0.39 is 17.7 Å². The van der Waals surface area contributed by atoms with Crippen molar-refractivity contribution in [3.63, 3.8) is 0 Å². The van der Waals surface area contributed by atoms with Crippen LogP contribution in [-0.4, -0.2) is 41.3 Å². The van der Waals surface area contributed by atoms with Crippen molar-refractivity contribution in [2.24, 2.45) is 5.92 Å². The molecule has 0 spiro atoms. The number of carbonyl (C=O) groups is 2. The molecule has 1 aliphatic carbocycles. The Hall–Kier alpha value is -1.82. The minimum Gasteiger partial charge on any atom is -0.461 e. The fourth-order valence-electron chi connectivity index (χ4n) is 3.57. The molecule has 1 amide bonds. The summed E-state index contributed by atoms with van der Waals surface area (Å²) in [6.07, 6.45) is 7.78. The number of ether oxygens (including phenoxy) is 2. The van der Waals surface area contributed by atoms with E-state index in [0.29, 0.717) is 6.42 Å². The summed E-state index contributed by atoms with van der Waals surface area (Å²) in [6, 6.07) is 7.22. The van der Waals surface area contributed by atoms with Crippen LogP contribution in [0.4, 0.5) is 4.79 Å². The summed E-state index contributed by atoms with van der Waals surface area (Å²) in [5, 5.41) is 0. The molecule has 0 aromatic heterocycles. The van der Waals surface area contributed by atoms with Gasteiger partial charge in [-0.2, -0.15) is 0 Å². The number of nitrogens with zero attached hydrogens (tertiary/aromatic N) is 1. The van der Waals surface area contributed by atoms with Gasteiger partial charge in [-0.1, -0.05) is 54.1 Å². The van der Waals surface area contributed by atoms with E-state index in [4.69, 9.17) is 9.47 Å². The molecule has 5 nitrogen and oxygen atoms in total. The van der Waals surface area contributed by atoms with Gasteiger partial charge in [-0.05, 0) is 76.5 Å². The number of benzene rings is 1. The van der Waals surface area contributed by atoms with Gasteiger partial charge in [0.1, 0.15) is 17.7 Å². The topological polar surface area (TPSA) is 55.8 Å². The van der Waals surface area contributed by atoms with Crippen molar-refractivity contribution in [1.82, 2.24) is 4.90 Å². The van der Waals surface area contributed by atoms with Crippen LogP contribution < -0.4 is 0 Å². The molecule has 0 radical (unpaired) electrons. The van der Waals surface area contributed by atoms with Crippen LogP contribution in [0, 0.1) is 5.92 Å². The van der Waals surface area contributed by atoms with E-state index >= 15 is 0 Å². The van der Waals surface area contributed by atoms with Crippen molar-refractivity contribution in [2.45, 2.75) is 84.5 Å². The fourth-order valence-corrected chi connectivity index (χ4v) is 3.84. The lowest BCUT2D eigenvalue weighted by Gasteiger charge is -2.33. The van der Waals surface area contributed by atoms with Crippen molar-refractivity contribution in [3.05, 3.63) is 40.4 Å². The Kier molecular flexibility index (Phi) is 9.60. The normalized spacial score (nSPS) is 16.0. The third-order valence-electron chi connectivity index (χ3n) is 5.04. The number of esters is 1. The molecule has 0 heterocycles. The predicted molar refractivity (Wildman–Crippen MR) is 128 cm³/mol. The minimum absolute atomic E-state index is 0.0408. The van der Waals surface area contributed by atoms with E-state index in [1.54, 1.807) is 0 Å². The molecule has 1 atom stereocenters. The van der Waals surface area contributed by atoms with Gasteiger partial charge in [-0.3, -0.25) is 4.90 Å². The Morgan fingerprint density at radius 3 is 2.32 bits per heavy atom. The summed E-state index contributed by atoms with van der Waals surface area (Å²) < 4.78 is 12.4. The van der Waals surface area contributed by atoms with Crippen molar-refractivity contribution in [2.75, 3.05) is 6.54 Å². The summed E-state index contributed by atoms with van der Waals surface area (Å²) >= 11 is 3.43. The van der Waals surface area contributed by atoms with Crippen LogP contribution >= 0.6 is 15.9 Å². The second kappa shape index (κ2) is 11.7. The first-order chi connectivity index (χ1) is 14.5. The van der Waals surface area contributed by atoms with Gasteiger partial charge in [0, 0.05) is 11.0 Å². The molecule has 0 N–H and O–H groups in total. The highest BCUT2D eigenvalue weighted by Crippen LogP contribution is 2.24. The number of rotatable bonds is 8. The predicted octanol–water partition coefficient (Wildman–Crippen LogP) is 6.60. The first-order valence-electron chi connectivity index (χ1n) is 11.2. The second-order valence-electron chi connectivity index (χ2n) is 9.58. The first kappa shape index (κ1) is 25.4. The Balaban J connectivity index is 2.22. The number of carbonyl (C=O) groups excluding carboxylic acids is 2. The van der Waals surface area contributed by atoms with Gasteiger partial charge in [-0.25, -0.2) is 9.59 Å². The maximum atomic E-state index is 13.1. The van der Waals surface area contributed by atoms with Gasteiger partial charge in [0.15, 0.2) is 0 Å². The number of halogens is 1. The smallest absolute Gasteiger partial charge is 0.411 e. The van der Waals surface area contributed by atoms with E-state index in [1.165, 1.54) is 4.90 Å². The molecule has 1 saturated carbocycles. The molecule has 0 bridgehead atoms. The van der Waals surface area contributed by atoms with Crippen molar-refractivity contribution >= 4 is 34.1 Å². The molecule has 1 aromatic rings. The lowest BCUT2D eigenvalue weighted by Crippen LogP contribution is -2.49. The van der Waals surface area contributed by atoms with E-state index in [2.05, 4.69) is 15.9 Å². The quantitative estimate of drug-likeness (QED) is 0.382. The van der Waals surface area contributed by atoms with Crippen LogP contribution in [0.25, 0.3) is 6.08 Å². The summed E-state index contributed by atoms with van der Waals surface area (Å²) in [5.74, 6) is -0.106. The Morgan fingerprint density at radius 1 is 1.16 bits per heavy atom. The van der Waals surface area contributed by atoms with Gasteiger partial charge < -0.3 is 9.47 Å². The number of hydrogen-bond donors (Lipinski definition) is 0. The Morgan fingerprint density at radius 2 is 1.77 bits per heavy atom. The van der Waals surface area contributed by atoms with Crippen molar-refractivity contribution < 1.29 is 19.1 Å². The SMILES string of the molecule is CC(C)C[C@@H](C(=O)OC1CCCC1)N(CC=Cc1ccc(Br)cc1)C(=O)OC(C)(C)C. The Bertz CT molecular complexity index is 746. The fraction of sp³-hybridized carbons (Fsp3) is 0.600. The van der Waals surface area contributed by atoms with E-state index in [-0.39, 0.29) is 24.5 Å². The largest absolute Gasteiger partial charge is 0.461 e. The highest BCUT2D eigenvalue weighted by Gasteiger charge is 2.35. The molecular formula is C25H36BrNO4. The number of hydrogen-bond acceptors (Lipinski definition) is 4. The molecule has 0 saturated heterocycles. The van der Waals surface area contributed by atoms with E-state index in [0.717, 1.165) is 35.7 Å². The maximum absolute atomic E-state index is 13.1. The molecule has 2 rings (SSSR count). The summed E-state index contributed by atoms with van der Waals surface area (Å²) in [7, 11) is 0. The first-order valence-corrected chi connectivity index (χ1v) is 12.0. The van der Waals surface area contributed by atoms with Crippen LogP contribution in [-0.2, 0) is 14.3 Å². The third-order valence-corrected chi connectivity index (χ3v) is 5.57. The van der Waals surface area contributed by atoms with Crippen LogP contribution in [0.1, 0.15) is 72.3 Å². The summed E-state index contributed by atoms with van der Waals surface area (Å²) in [4.78, 5) is 27.7. The molecule has 6 heteroatoms. The average molecular weight is 494 g/mol. The molecule has 172 valence electrons. The molecule has 1 aromatic carbocycles. The van der Waals surface area contributed by atoms with Gasteiger partial charge in [0.2, 0.25) is 0 Å². The average Bonchev–Trinajstić information content (AvgIpc) is 3.16. The minimum atomic E-state index is -0.676. The lowest BCUT2D eigenvalue weighted by molar-refractivity contribution is -0.155. The van der Waals surface area contributed by atoms with Gasteiger partial charge in [-0.15, -0.1) is 0 Å². The summed E-state index contributed by atoms with van der Waals surface area (Å²) in [5.41, 5.74) is 0.365. The monoisotopic (exact) mass is 493 g/mol. The van der Waals surface area contributed by atoms with Gasteiger partial charge in [0.05, 0.1) is 0 Å². The molecule has 0 aliphatic heterocycles. The molecule has 1 fully saturated rings. The molecule has 0 unspecified atom stereocenters. The highest BCUT2D eigenvalue weighted by atomic mass is 79.9. The van der Waals surface area contributed by atoms with E-state index in [9.17, 15) is 9.59 Å². The van der Waals surface area contributed by atoms with Gasteiger partial charge >= 0.3 is 12.1 Å². The van der Waals surface area contributed by atoms with Crippen molar-refractivity contribution in [3.8, 4) is 0 Å². The number of amides is 1. The van der Waals surface area contributed by atoms with Crippen LogP contribution in [0.15, 0.2) is 34.8 Å². The van der Waals surface area contributed by atoms with Crippen LogP contribution in [0.3, 0.4) is 0 Å². The van der Waals surface area contributed by atoms with E-state index in [1.807, 2.05) is 71.0 Å². The Labute approximate surface area is 195 Å². The zero-order valence-electron chi connectivity index (χ0n) is 19.4. The van der Waals surface area contributed by atoms with Crippen molar-refractivity contribution in [1.29, 1.82) is 0 Å². The maximum Gasteiger partial charge on any atom is 0.411 e. The van der Waals surface area contributed by atoms with Crippen LogP contribution in [0.5, 0.6) is 0 Å². The van der Waals surface area contributed by atoms with Crippen LogP contribution in [0.2, 0.25) is 0 Å². The molecular weight excluding hydrogens is 458 g/mol. The zero-order chi connectivity index (χ0) is 23.0. The standard InChI is InChI=1S/C25H36BrNO4/c1-18(2)17-22(23(28)30-21-10-6-7-11-21)27(24(29)31-25(3,4)5)16-8-9-19-12-14-20(26)15-13-19/h8-9,12-15,18,21-22H,6-7,10-11,16-17H2,1-5H3/t22-/m0/s1. The molecule has 31 heavy (non-hydrogen) atoms. The zero-order valence-corrected chi connectivity index (χ0v) is 21.0. The van der Waals surface area contributed by atoms with Gasteiger partial charge in [0.25, 0.3) is 0 Å². The lowest BCUT2D eigenvalue weighted by atomic mass is 10.0. The highest BCUT2D eigenvalue weighted by molar-refractivity contribution is 9.10. The second-order valence-corrected chi connectivity index (χ2v) is 10.5. The molecule has 1 aliphatic rings. The summed E-state index contributed by atoms with van der Waals surface area (Å²) in [6.45, 7) is 9.84.